The summed E-state index contributed by atoms with van der Waals surface area (Å²) in [6, 6.07) is -0.709. The molecule has 0 aromatic heterocycles. The molecule has 57 heavy (non-hydrogen) atoms. The molecule has 7 atom stereocenters. The summed E-state index contributed by atoms with van der Waals surface area (Å²) >= 11 is 0. The van der Waals surface area contributed by atoms with Crippen molar-refractivity contribution >= 4 is 5.91 Å². The summed E-state index contributed by atoms with van der Waals surface area (Å²) in [6.45, 7) is 3.76. The van der Waals surface area contributed by atoms with Crippen LogP contribution >= 0.6 is 0 Å². The van der Waals surface area contributed by atoms with Crippen LogP contribution in [-0.2, 0) is 14.3 Å². The zero-order valence-corrected chi connectivity index (χ0v) is 37.4. The van der Waals surface area contributed by atoms with Gasteiger partial charge in [-0.3, -0.25) is 4.79 Å². The van der Waals surface area contributed by atoms with Crippen LogP contribution in [0, 0.1) is 0 Å². The molecule has 0 aliphatic carbocycles. The SMILES string of the molecule is CCCCCCCCCCCCCCCCCCCCCCCCCCCCCCCC(=O)NC(COC1OC(CO)C(O)C(O)C1O)C(O)CCCCCCC. The van der Waals surface area contributed by atoms with Gasteiger partial charge in [0.25, 0.3) is 0 Å². The lowest BCUT2D eigenvalue weighted by Crippen LogP contribution is -2.60. The molecule has 1 aliphatic rings. The summed E-state index contributed by atoms with van der Waals surface area (Å²) in [5.74, 6) is -0.146. The number of amides is 1. The van der Waals surface area contributed by atoms with E-state index in [1.807, 2.05) is 0 Å². The molecule has 0 saturated carbocycles. The van der Waals surface area contributed by atoms with Gasteiger partial charge in [0.15, 0.2) is 6.29 Å². The highest BCUT2D eigenvalue weighted by atomic mass is 16.7. The highest BCUT2D eigenvalue weighted by Gasteiger charge is 2.44. The number of ether oxygens (including phenoxy) is 2. The van der Waals surface area contributed by atoms with Gasteiger partial charge in [0.2, 0.25) is 5.91 Å². The van der Waals surface area contributed by atoms with E-state index in [0.29, 0.717) is 12.8 Å². The molecule has 0 aromatic carbocycles. The third-order valence-corrected chi connectivity index (χ3v) is 12.2. The maximum atomic E-state index is 12.9. The molecule has 0 bridgehead atoms. The summed E-state index contributed by atoms with van der Waals surface area (Å²) in [7, 11) is 0. The molecular formula is C48H95NO8. The second kappa shape index (κ2) is 39.3. The number of rotatable bonds is 42. The minimum Gasteiger partial charge on any atom is -0.394 e. The molecule has 9 heteroatoms. The van der Waals surface area contributed by atoms with Crippen molar-refractivity contribution in [2.75, 3.05) is 13.2 Å². The van der Waals surface area contributed by atoms with Crippen molar-refractivity contribution in [3.05, 3.63) is 0 Å². The first kappa shape index (κ1) is 54.2. The highest BCUT2D eigenvalue weighted by molar-refractivity contribution is 5.76. The molecule has 1 rings (SSSR count). The van der Waals surface area contributed by atoms with Gasteiger partial charge < -0.3 is 40.3 Å². The molecule has 6 N–H and O–H groups in total. The highest BCUT2D eigenvalue weighted by Crippen LogP contribution is 2.23. The van der Waals surface area contributed by atoms with Crippen molar-refractivity contribution in [2.45, 2.75) is 288 Å². The second-order valence-electron chi connectivity index (χ2n) is 17.6. The Morgan fingerprint density at radius 2 is 0.877 bits per heavy atom. The molecule has 0 radical (unpaired) electrons. The molecular weight excluding hydrogens is 719 g/mol. The fourth-order valence-corrected chi connectivity index (χ4v) is 8.22. The zero-order chi connectivity index (χ0) is 41.6. The monoisotopic (exact) mass is 814 g/mol. The maximum absolute atomic E-state index is 12.9. The van der Waals surface area contributed by atoms with E-state index in [4.69, 9.17) is 9.47 Å². The van der Waals surface area contributed by atoms with E-state index in [1.54, 1.807) is 0 Å². The Morgan fingerprint density at radius 3 is 1.25 bits per heavy atom. The van der Waals surface area contributed by atoms with Gasteiger partial charge in [0.05, 0.1) is 25.4 Å². The van der Waals surface area contributed by atoms with Crippen molar-refractivity contribution in [3.63, 3.8) is 0 Å². The summed E-state index contributed by atoms with van der Waals surface area (Å²) in [6.07, 6.45) is 37.7. The number of carbonyl (C=O) groups excluding carboxylic acids is 1. The molecule has 9 nitrogen and oxygen atoms in total. The number of aliphatic hydroxyl groups excluding tert-OH is 5. The Hall–Kier alpha value is -0.810. The van der Waals surface area contributed by atoms with Gasteiger partial charge in [-0.05, 0) is 12.8 Å². The van der Waals surface area contributed by atoms with Crippen LogP contribution in [0.25, 0.3) is 0 Å². The first-order chi connectivity index (χ1) is 27.8. The largest absolute Gasteiger partial charge is 0.394 e. The Labute approximate surface area is 351 Å². The molecule has 340 valence electrons. The van der Waals surface area contributed by atoms with Gasteiger partial charge in [-0.1, -0.05) is 226 Å². The number of carbonyl (C=O) groups is 1. The van der Waals surface area contributed by atoms with Gasteiger partial charge in [0.1, 0.15) is 24.4 Å². The smallest absolute Gasteiger partial charge is 0.220 e. The van der Waals surface area contributed by atoms with E-state index in [9.17, 15) is 30.3 Å². The second-order valence-corrected chi connectivity index (χ2v) is 17.6. The van der Waals surface area contributed by atoms with Gasteiger partial charge in [0, 0.05) is 6.42 Å². The molecule has 1 amide bonds. The van der Waals surface area contributed by atoms with E-state index in [2.05, 4.69) is 19.2 Å². The van der Waals surface area contributed by atoms with Crippen molar-refractivity contribution in [1.82, 2.24) is 5.32 Å². The Balaban J connectivity index is 2.02. The van der Waals surface area contributed by atoms with E-state index in [1.165, 1.54) is 167 Å². The average Bonchev–Trinajstić information content (AvgIpc) is 3.21. The van der Waals surface area contributed by atoms with Crippen molar-refractivity contribution in [1.29, 1.82) is 0 Å². The summed E-state index contributed by atoms with van der Waals surface area (Å²) < 4.78 is 11.2. The third kappa shape index (κ3) is 30.0. The van der Waals surface area contributed by atoms with Crippen LogP contribution in [0.2, 0.25) is 0 Å². The quantitative estimate of drug-likeness (QED) is 0.0334. The van der Waals surface area contributed by atoms with Gasteiger partial charge in [-0.2, -0.15) is 0 Å². The Kier molecular flexibility index (Phi) is 37.4. The molecule has 1 heterocycles. The lowest BCUT2D eigenvalue weighted by molar-refractivity contribution is -0.302. The summed E-state index contributed by atoms with van der Waals surface area (Å²) in [5.41, 5.74) is 0. The fourth-order valence-electron chi connectivity index (χ4n) is 8.22. The Bertz CT molecular complexity index is 862. The number of aliphatic hydroxyl groups is 5. The standard InChI is InChI=1S/C48H95NO8/c1-3-5-7-9-10-11-12-13-14-15-16-17-18-19-20-21-22-23-24-25-26-27-28-29-30-31-32-34-36-38-44(52)49-41(42(51)37-35-33-8-6-4-2)40-56-48-47(55)46(54)45(53)43(39-50)57-48/h41-43,45-48,50-51,53-55H,3-40H2,1-2H3,(H,49,52). The van der Waals surface area contributed by atoms with Gasteiger partial charge in [-0.15, -0.1) is 0 Å². The topological polar surface area (TPSA) is 149 Å². The van der Waals surface area contributed by atoms with E-state index >= 15 is 0 Å². The summed E-state index contributed by atoms with van der Waals surface area (Å²) in [4.78, 5) is 12.9. The number of unbranched alkanes of at least 4 members (excludes halogenated alkanes) is 32. The lowest BCUT2D eigenvalue weighted by atomic mass is 9.99. The van der Waals surface area contributed by atoms with Gasteiger partial charge in [-0.25, -0.2) is 0 Å². The van der Waals surface area contributed by atoms with Crippen LogP contribution in [0.15, 0.2) is 0 Å². The van der Waals surface area contributed by atoms with E-state index in [0.717, 1.165) is 51.4 Å². The van der Waals surface area contributed by atoms with Crippen LogP contribution in [0.3, 0.4) is 0 Å². The first-order valence-corrected chi connectivity index (χ1v) is 24.7. The third-order valence-electron chi connectivity index (χ3n) is 12.2. The number of nitrogens with one attached hydrogen (secondary N) is 1. The maximum Gasteiger partial charge on any atom is 0.220 e. The van der Waals surface area contributed by atoms with Crippen LogP contribution in [-0.4, -0.2) is 87.5 Å². The van der Waals surface area contributed by atoms with Crippen molar-refractivity contribution < 1.29 is 39.8 Å². The number of hydrogen-bond donors (Lipinski definition) is 6. The average molecular weight is 814 g/mol. The molecule has 0 spiro atoms. The predicted octanol–water partition coefficient (Wildman–Crippen LogP) is 10.7. The van der Waals surface area contributed by atoms with E-state index < -0.39 is 49.5 Å². The van der Waals surface area contributed by atoms with Crippen LogP contribution in [0.4, 0.5) is 0 Å². The lowest BCUT2D eigenvalue weighted by Gasteiger charge is -2.40. The molecule has 1 saturated heterocycles. The van der Waals surface area contributed by atoms with Crippen LogP contribution in [0.5, 0.6) is 0 Å². The molecule has 0 aromatic rings. The van der Waals surface area contributed by atoms with Gasteiger partial charge >= 0.3 is 0 Å². The first-order valence-electron chi connectivity index (χ1n) is 24.7. The number of hydrogen-bond acceptors (Lipinski definition) is 8. The molecule has 7 unspecified atom stereocenters. The van der Waals surface area contributed by atoms with E-state index in [-0.39, 0.29) is 12.5 Å². The zero-order valence-electron chi connectivity index (χ0n) is 37.4. The van der Waals surface area contributed by atoms with Crippen LogP contribution in [0.1, 0.15) is 245 Å². The van der Waals surface area contributed by atoms with Crippen molar-refractivity contribution in [3.8, 4) is 0 Å². The minimum atomic E-state index is -1.55. The van der Waals surface area contributed by atoms with Crippen LogP contribution < -0.4 is 5.32 Å². The molecule has 1 fully saturated rings. The minimum absolute atomic E-state index is 0.135. The summed E-state index contributed by atoms with van der Waals surface area (Å²) in [5, 5.41) is 53.9. The fraction of sp³-hybridized carbons (Fsp3) is 0.979. The Morgan fingerprint density at radius 1 is 0.526 bits per heavy atom. The molecule has 1 aliphatic heterocycles. The van der Waals surface area contributed by atoms with Crippen molar-refractivity contribution in [2.24, 2.45) is 0 Å². The normalized spacial score (nSPS) is 20.9. The predicted molar refractivity (Wildman–Crippen MR) is 235 cm³/mol.